The van der Waals surface area contributed by atoms with Gasteiger partial charge in [0.05, 0.1) is 40.2 Å². The van der Waals surface area contributed by atoms with E-state index in [4.69, 9.17) is 34.2 Å². The fourth-order valence-electron chi connectivity index (χ4n) is 11.5. The molecule has 0 fully saturated rings. The largest absolute Gasteiger partial charge is 0.485 e. The summed E-state index contributed by atoms with van der Waals surface area (Å²) in [6.45, 7) is 15.5. The highest BCUT2D eigenvalue weighted by Gasteiger charge is 2.20. The Balaban J connectivity index is 0.000000137. The second-order valence-electron chi connectivity index (χ2n) is 24.8. The average molecular weight is 1440 g/mol. The molecule has 0 bridgehead atoms. The van der Waals surface area contributed by atoms with Crippen LogP contribution in [-0.2, 0) is 52.0 Å². The van der Waals surface area contributed by atoms with Crippen molar-refractivity contribution in [2.75, 3.05) is 6.54 Å². The average Bonchev–Trinajstić information content (AvgIpc) is 1.79. The van der Waals surface area contributed by atoms with E-state index in [-0.39, 0.29) is 32.3 Å². The molecule has 16 rings (SSSR count). The first-order valence-corrected chi connectivity index (χ1v) is 34.3. The Morgan fingerprint density at radius 3 is 1.39 bits per heavy atom. The first-order chi connectivity index (χ1) is 53.3. The van der Waals surface area contributed by atoms with Crippen LogP contribution in [0.15, 0.2) is 263 Å². The molecule has 0 atom stereocenters. The molecule has 0 aliphatic carbocycles. The van der Waals surface area contributed by atoms with Crippen molar-refractivity contribution in [1.29, 1.82) is 0 Å². The summed E-state index contributed by atoms with van der Waals surface area (Å²) in [6, 6.07) is 64.2. The van der Waals surface area contributed by atoms with Gasteiger partial charge in [-0.3, -0.25) is 24.5 Å². The number of esters is 1. The first-order valence-electron chi connectivity index (χ1n) is 34.3. The van der Waals surface area contributed by atoms with E-state index in [1.807, 2.05) is 187 Å². The lowest BCUT2D eigenvalue weighted by Crippen LogP contribution is -2.35. The summed E-state index contributed by atoms with van der Waals surface area (Å²) in [5.74, 6) is 9.43. The molecule has 0 saturated carbocycles. The molecule has 109 heavy (non-hydrogen) atoms. The number of carbonyl (C=O) groups is 3. The second kappa shape index (κ2) is 32.8. The lowest BCUT2D eigenvalue weighted by Gasteiger charge is -2.17. The molecule has 10 heterocycles. The van der Waals surface area contributed by atoms with Crippen LogP contribution in [-0.4, -0.2) is 114 Å². The van der Waals surface area contributed by atoms with Gasteiger partial charge in [0.15, 0.2) is 40.0 Å². The van der Waals surface area contributed by atoms with Gasteiger partial charge in [0.25, 0.3) is 0 Å². The zero-order valence-corrected chi connectivity index (χ0v) is 59.0. The van der Waals surface area contributed by atoms with E-state index in [9.17, 15) is 14.4 Å². The lowest BCUT2D eigenvalue weighted by atomic mass is 10.1. The Bertz CT molecular complexity index is 6110. The monoisotopic (exact) mass is 1440 g/mol. The molecule has 0 aliphatic heterocycles. The zero-order chi connectivity index (χ0) is 75.1. The van der Waals surface area contributed by atoms with Crippen LogP contribution in [0.5, 0.6) is 17.2 Å². The van der Waals surface area contributed by atoms with Gasteiger partial charge in [0, 0.05) is 88.6 Å². The van der Waals surface area contributed by atoms with Crippen LogP contribution in [0, 0.1) is 11.8 Å². The van der Waals surface area contributed by atoms with E-state index in [0.29, 0.717) is 59.0 Å². The highest BCUT2D eigenvalue weighted by atomic mass is 16.6. The molecule has 6 aromatic carbocycles. The van der Waals surface area contributed by atoms with E-state index in [2.05, 4.69) is 105 Å². The van der Waals surface area contributed by atoms with Gasteiger partial charge in [0.1, 0.15) is 42.9 Å². The number of ether oxygens (including phenoxy) is 4. The summed E-state index contributed by atoms with van der Waals surface area (Å²) in [5.41, 5.74) is 11.5. The number of fused-ring (bicyclic) bond motifs is 6. The summed E-state index contributed by atoms with van der Waals surface area (Å²) in [5, 5.41) is 47.3. The molecule has 0 saturated heterocycles. The minimum atomic E-state index is -0.950. The quantitative estimate of drug-likeness (QED) is 0.0362. The van der Waals surface area contributed by atoms with Gasteiger partial charge in [-0.25, -0.2) is 9.78 Å². The van der Waals surface area contributed by atoms with Crippen molar-refractivity contribution in [2.45, 2.75) is 52.4 Å². The van der Waals surface area contributed by atoms with Crippen molar-refractivity contribution in [2.24, 2.45) is 0 Å². The van der Waals surface area contributed by atoms with Crippen molar-refractivity contribution < 1.29 is 33.3 Å². The Hall–Kier alpha value is -15.0. The van der Waals surface area contributed by atoms with Crippen molar-refractivity contribution in [3.8, 4) is 62.9 Å². The van der Waals surface area contributed by atoms with Crippen LogP contribution in [0.3, 0.4) is 0 Å². The minimum Gasteiger partial charge on any atom is -0.485 e. The third-order valence-corrected chi connectivity index (χ3v) is 16.9. The van der Waals surface area contributed by atoms with E-state index in [1.54, 1.807) is 70.4 Å². The van der Waals surface area contributed by atoms with Crippen molar-refractivity contribution >= 4 is 73.5 Å². The van der Waals surface area contributed by atoms with E-state index in [1.165, 1.54) is 0 Å². The van der Waals surface area contributed by atoms with Crippen LogP contribution in [0.25, 0.3) is 89.5 Å². The number of amides is 2. The van der Waals surface area contributed by atoms with Crippen LogP contribution >= 0.6 is 0 Å². The third-order valence-electron chi connectivity index (χ3n) is 16.9. The predicted molar refractivity (Wildman–Crippen MR) is 411 cm³/mol. The number of hydrogen-bond acceptors (Lipinski definition) is 20. The van der Waals surface area contributed by atoms with Crippen molar-refractivity contribution in [3.63, 3.8) is 0 Å². The molecule has 26 nitrogen and oxygen atoms in total. The maximum absolute atomic E-state index is 11.9. The van der Waals surface area contributed by atoms with Crippen molar-refractivity contribution in [3.05, 3.63) is 303 Å². The van der Waals surface area contributed by atoms with Crippen molar-refractivity contribution in [1.82, 2.24) is 94.6 Å². The highest BCUT2D eigenvalue weighted by molar-refractivity contribution is 5.91. The minimum absolute atomic E-state index is 0.117. The molecule has 26 heteroatoms. The van der Waals surface area contributed by atoms with E-state index < -0.39 is 17.5 Å². The fraction of sp³-hybridized carbons (Fsp3) is 0.108. The topological polar surface area (TPSA) is 298 Å². The molecule has 10 aromatic heterocycles. The number of hydrogen-bond donors (Lipinski definition) is 2. The molecule has 0 unspecified atom stereocenters. The molecule has 536 valence electrons. The Labute approximate surface area is 623 Å². The fourth-order valence-corrected chi connectivity index (χ4v) is 11.5. The Morgan fingerprint density at radius 1 is 0.477 bits per heavy atom. The summed E-state index contributed by atoms with van der Waals surface area (Å²) in [4.78, 5) is 52.4. The molecular formula is C83H67N19O7. The summed E-state index contributed by atoms with van der Waals surface area (Å²) < 4.78 is 30.8. The van der Waals surface area contributed by atoms with Crippen LogP contribution in [0.2, 0.25) is 0 Å². The number of nitrogens with one attached hydrogen (secondary N) is 2. The molecule has 16 aromatic rings. The van der Waals surface area contributed by atoms with Gasteiger partial charge in [-0.2, -0.15) is 28.8 Å². The highest BCUT2D eigenvalue weighted by Crippen LogP contribution is 2.30. The first kappa shape index (κ1) is 71.0. The third kappa shape index (κ3) is 17.1. The summed E-state index contributed by atoms with van der Waals surface area (Å²) in [6.07, 6.45) is 12.8. The van der Waals surface area contributed by atoms with Crippen LogP contribution in [0.1, 0.15) is 53.8 Å². The summed E-state index contributed by atoms with van der Waals surface area (Å²) in [7, 11) is 0. The SMILES string of the molecule is C=CC(=O)NCC(=O)NCc1ccc2c(OCc3nnc4ccc(-c5ccccc5)nn34)ccnc2c1.C=CC(=O)OC(C)(C)C#Cc1ccc2c(OCc3nnc4ccc(-c5ccccc5)nn34)ccnc2c1.C=Cc1nccn1Cc1ccc2c(OCc3nnc4ccc(-c5ccccc5)nn34)ccnc2c1. The van der Waals surface area contributed by atoms with Gasteiger partial charge < -0.3 is 34.1 Å². The molecule has 0 spiro atoms. The Morgan fingerprint density at radius 2 is 0.927 bits per heavy atom. The second-order valence-corrected chi connectivity index (χ2v) is 24.8. The normalized spacial score (nSPS) is 11.0. The smallest absolute Gasteiger partial charge is 0.331 e. The maximum atomic E-state index is 11.9. The number of aromatic nitrogens is 17. The van der Waals surface area contributed by atoms with E-state index >= 15 is 0 Å². The van der Waals surface area contributed by atoms with Gasteiger partial charge in [-0.05, 0) is 134 Å². The number of nitrogens with zero attached hydrogens (tertiary/aromatic N) is 17. The predicted octanol–water partition coefficient (Wildman–Crippen LogP) is 12.4. The number of rotatable bonds is 22. The number of pyridine rings is 3. The molecule has 2 amide bonds. The van der Waals surface area contributed by atoms with Gasteiger partial charge >= 0.3 is 5.97 Å². The van der Waals surface area contributed by atoms with Crippen LogP contribution < -0.4 is 24.8 Å². The molecule has 0 aliphatic rings. The zero-order valence-electron chi connectivity index (χ0n) is 59.0. The van der Waals surface area contributed by atoms with Gasteiger partial charge in [-0.1, -0.05) is 135 Å². The number of imidazole rings is 1. The standard InChI is InChI=1S/C29H23N5O3.C27H23N7O3.C27H21N7O/c1-4-28(35)37-29(2,3)16-14-20-10-11-22-24(18-20)30-17-15-25(22)36-19-27-32-31-26-13-12-23(33-34(26)27)21-8-6-5-7-9-21;1-2-26(35)30-16-27(36)29-15-18-8-9-20-22(14-18)28-13-12-23(20)37-17-25-32-31-24-11-10-21(33-34(24)25)19-6-4-3-5-7-19;1-2-25-29-14-15-33(25)17-19-8-9-21-23(16-19)28-13-12-24(21)35-18-27-31-30-26-11-10-22(32-34(26)27)20-6-4-3-5-7-20/h4-13,15,17-18H,1,19H2,2-3H3;2-14H,1,15-17H2,(H,29,36)(H,30,35);2-16H,1,17-18H2. The maximum Gasteiger partial charge on any atom is 0.331 e. The lowest BCUT2D eigenvalue weighted by molar-refractivity contribution is -0.145. The Kier molecular flexibility index (Phi) is 21.3. The van der Waals surface area contributed by atoms with Gasteiger partial charge in [0.2, 0.25) is 11.8 Å². The molecule has 0 radical (unpaired) electrons. The van der Waals surface area contributed by atoms with Gasteiger partial charge in [-0.15, -0.1) is 30.6 Å². The molecule has 2 N–H and O–H groups in total. The van der Waals surface area contributed by atoms with E-state index in [0.717, 1.165) is 107 Å². The molecular weight excluding hydrogens is 1380 g/mol. The summed E-state index contributed by atoms with van der Waals surface area (Å²) >= 11 is 0. The number of carbonyl (C=O) groups excluding carboxylic acids is 3. The number of benzene rings is 6. The van der Waals surface area contributed by atoms with Crippen LogP contribution in [0.4, 0.5) is 0 Å².